The number of hydrogen-bond acceptors (Lipinski definition) is 6. The van der Waals surface area contributed by atoms with Crippen molar-refractivity contribution in [2.24, 2.45) is 5.16 Å². The zero-order chi connectivity index (χ0) is 22.6. The smallest absolute Gasteiger partial charge is 0.416 e. The van der Waals surface area contributed by atoms with Gasteiger partial charge in [-0.25, -0.2) is 0 Å². The van der Waals surface area contributed by atoms with Gasteiger partial charge in [-0.15, -0.1) is 0 Å². The molecule has 3 N–H and O–H groups in total. The summed E-state index contributed by atoms with van der Waals surface area (Å²) in [6, 6.07) is 3.29. The van der Waals surface area contributed by atoms with Crippen LogP contribution in [-0.4, -0.2) is 60.8 Å². The number of carboxylic acids is 2. The number of unbranched alkanes of at least 4 members (excludes halogenated alkanes) is 1. The topological polar surface area (TPSA) is 117 Å². The van der Waals surface area contributed by atoms with Crippen LogP contribution in [0.5, 0.6) is 0 Å². The number of nitrogens with one attached hydrogen (secondary N) is 1. The van der Waals surface area contributed by atoms with Crippen LogP contribution < -0.4 is 5.32 Å². The van der Waals surface area contributed by atoms with Gasteiger partial charge in [0.2, 0.25) is 0 Å². The average Bonchev–Trinajstić information content (AvgIpc) is 2.67. The quantitative estimate of drug-likeness (QED) is 0.234. The molecule has 11 heteroatoms. The first-order valence-corrected chi connectivity index (χ1v) is 9.18. The zero-order valence-corrected chi connectivity index (χ0v) is 16.4. The molecule has 1 atom stereocenters. The van der Waals surface area contributed by atoms with Crippen molar-refractivity contribution in [2.45, 2.75) is 37.9 Å². The predicted molar refractivity (Wildman–Crippen MR) is 101 cm³/mol. The van der Waals surface area contributed by atoms with Crippen LogP contribution in [0.25, 0.3) is 0 Å². The number of carboxylic acid groups (broad SMARTS) is 2. The van der Waals surface area contributed by atoms with Gasteiger partial charge < -0.3 is 25.1 Å². The fraction of sp³-hybridized carbons (Fsp3) is 0.526. The fourth-order valence-electron chi connectivity index (χ4n) is 2.46. The number of alkyl halides is 3. The molecule has 1 rings (SSSR count). The van der Waals surface area contributed by atoms with Crippen molar-refractivity contribution < 1.29 is 42.5 Å². The SMILES string of the molecule is COCCCC/C(=N/OCCN[C@@H](CC(=O)O)C(=O)O)c1ccc(C(F)(F)F)cc1. The number of aliphatic carboxylic acids is 2. The minimum absolute atomic E-state index is 0.0255. The van der Waals surface area contributed by atoms with E-state index in [1.807, 2.05) is 0 Å². The lowest BCUT2D eigenvalue weighted by atomic mass is 10.0. The maximum absolute atomic E-state index is 12.7. The van der Waals surface area contributed by atoms with E-state index in [1.54, 1.807) is 7.11 Å². The van der Waals surface area contributed by atoms with E-state index in [2.05, 4.69) is 10.5 Å². The van der Waals surface area contributed by atoms with Crippen LogP contribution in [0.1, 0.15) is 36.8 Å². The second kappa shape index (κ2) is 12.8. The highest BCUT2D eigenvalue weighted by atomic mass is 19.4. The second-order valence-electron chi connectivity index (χ2n) is 6.34. The van der Waals surface area contributed by atoms with E-state index in [-0.39, 0.29) is 13.2 Å². The first kappa shape index (κ1) is 25.4. The molecule has 168 valence electrons. The Morgan fingerprint density at radius 2 is 1.80 bits per heavy atom. The molecule has 0 bridgehead atoms. The number of hydrogen-bond donors (Lipinski definition) is 3. The average molecular weight is 434 g/mol. The Morgan fingerprint density at radius 3 is 2.33 bits per heavy atom. The maximum atomic E-state index is 12.7. The summed E-state index contributed by atoms with van der Waals surface area (Å²) in [7, 11) is 1.57. The highest BCUT2D eigenvalue weighted by molar-refractivity contribution is 6.00. The zero-order valence-electron chi connectivity index (χ0n) is 16.4. The van der Waals surface area contributed by atoms with Gasteiger partial charge in [-0.05, 0) is 37.0 Å². The van der Waals surface area contributed by atoms with Gasteiger partial charge in [-0.1, -0.05) is 17.3 Å². The summed E-state index contributed by atoms with van der Waals surface area (Å²) in [5, 5.41) is 24.1. The molecular weight excluding hydrogens is 409 g/mol. The van der Waals surface area contributed by atoms with Gasteiger partial charge in [-0.2, -0.15) is 13.2 Å². The number of oxime groups is 1. The van der Waals surface area contributed by atoms with Crippen LogP contribution in [0.4, 0.5) is 13.2 Å². The van der Waals surface area contributed by atoms with Crippen LogP contribution in [0.15, 0.2) is 29.4 Å². The van der Waals surface area contributed by atoms with E-state index in [1.165, 1.54) is 12.1 Å². The standard InChI is InChI=1S/C19H25F3N2O6/c1-29-10-3-2-4-15(13-5-7-14(8-6-13)19(20,21)22)24-30-11-9-23-16(18(27)28)12-17(25)26/h5-8,16,23H,2-4,9-12H2,1H3,(H,25,26)(H,27,28)/b24-15-/t16-/m0/s1. The monoisotopic (exact) mass is 434 g/mol. The number of nitrogens with zero attached hydrogens (tertiary/aromatic N) is 1. The number of ether oxygens (including phenoxy) is 1. The van der Waals surface area contributed by atoms with E-state index in [9.17, 15) is 22.8 Å². The van der Waals surface area contributed by atoms with Gasteiger partial charge in [0.1, 0.15) is 12.6 Å². The van der Waals surface area contributed by atoms with E-state index >= 15 is 0 Å². The van der Waals surface area contributed by atoms with Crippen LogP contribution in [0, 0.1) is 0 Å². The van der Waals surface area contributed by atoms with Crippen LogP contribution in [0.3, 0.4) is 0 Å². The van der Waals surface area contributed by atoms with Crippen molar-refractivity contribution in [2.75, 3.05) is 26.9 Å². The third-order valence-electron chi connectivity index (χ3n) is 3.99. The van der Waals surface area contributed by atoms with Gasteiger partial charge in [-0.3, -0.25) is 9.59 Å². The minimum Gasteiger partial charge on any atom is -0.481 e. The van der Waals surface area contributed by atoms with Gasteiger partial charge >= 0.3 is 18.1 Å². The summed E-state index contributed by atoms with van der Waals surface area (Å²) in [5.74, 6) is -2.56. The molecule has 0 saturated carbocycles. The van der Waals surface area contributed by atoms with Crippen molar-refractivity contribution in [1.29, 1.82) is 0 Å². The van der Waals surface area contributed by atoms with Crippen molar-refractivity contribution in [3.63, 3.8) is 0 Å². The molecule has 0 heterocycles. The normalized spacial score (nSPS) is 13.1. The molecule has 0 aliphatic carbocycles. The number of carbonyl (C=O) groups is 2. The molecule has 30 heavy (non-hydrogen) atoms. The third kappa shape index (κ3) is 9.70. The summed E-state index contributed by atoms with van der Waals surface area (Å²) in [6.07, 6.45) is -3.18. The second-order valence-corrected chi connectivity index (χ2v) is 6.34. The molecule has 0 aliphatic heterocycles. The maximum Gasteiger partial charge on any atom is 0.416 e. The molecule has 0 aromatic heterocycles. The molecule has 0 amide bonds. The highest BCUT2D eigenvalue weighted by Gasteiger charge is 2.30. The molecule has 1 aromatic rings. The Labute approximate surface area is 171 Å². The van der Waals surface area contributed by atoms with Crippen LogP contribution in [-0.2, 0) is 25.3 Å². The summed E-state index contributed by atoms with van der Waals surface area (Å²) < 4.78 is 43.2. The Morgan fingerprint density at radius 1 is 1.13 bits per heavy atom. The lowest BCUT2D eigenvalue weighted by Crippen LogP contribution is -2.40. The van der Waals surface area contributed by atoms with Crippen molar-refractivity contribution >= 4 is 17.7 Å². The molecule has 1 aromatic carbocycles. The lowest BCUT2D eigenvalue weighted by molar-refractivity contribution is -0.146. The van der Waals surface area contributed by atoms with Gasteiger partial charge in [0.05, 0.1) is 17.7 Å². The Bertz CT molecular complexity index is 707. The molecular formula is C19H25F3N2O6. The Kier molecular flexibility index (Phi) is 10.8. The molecule has 0 saturated heterocycles. The van der Waals surface area contributed by atoms with Crippen molar-refractivity contribution in [3.8, 4) is 0 Å². The highest BCUT2D eigenvalue weighted by Crippen LogP contribution is 2.29. The van der Waals surface area contributed by atoms with Crippen molar-refractivity contribution in [3.05, 3.63) is 35.4 Å². The number of rotatable bonds is 14. The number of halogens is 3. The number of methoxy groups -OCH3 is 1. The summed E-state index contributed by atoms with van der Waals surface area (Å²) in [6.45, 7) is 0.508. The molecule has 0 unspecified atom stereocenters. The summed E-state index contributed by atoms with van der Waals surface area (Å²) in [4.78, 5) is 26.8. The molecule has 8 nitrogen and oxygen atoms in total. The van der Waals surface area contributed by atoms with E-state index in [0.717, 1.165) is 18.6 Å². The molecule has 0 radical (unpaired) electrons. The summed E-state index contributed by atoms with van der Waals surface area (Å²) in [5.41, 5.74) is 0.149. The lowest BCUT2D eigenvalue weighted by Gasteiger charge is -2.12. The minimum atomic E-state index is -4.44. The van der Waals surface area contributed by atoms with Crippen LogP contribution >= 0.6 is 0 Å². The van der Waals surface area contributed by atoms with Gasteiger partial charge in [0.15, 0.2) is 0 Å². The van der Waals surface area contributed by atoms with Gasteiger partial charge in [0, 0.05) is 20.3 Å². The molecule has 0 aliphatic rings. The van der Waals surface area contributed by atoms with Crippen molar-refractivity contribution in [1.82, 2.24) is 5.32 Å². The first-order valence-electron chi connectivity index (χ1n) is 9.18. The molecule has 0 spiro atoms. The molecule has 0 fully saturated rings. The van der Waals surface area contributed by atoms with Crippen LogP contribution in [0.2, 0.25) is 0 Å². The van der Waals surface area contributed by atoms with E-state index in [0.29, 0.717) is 30.7 Å². The summed E-state index contributed by atoms with van der Waals surface area (Å²) >= 11 is 0. The first-order chi connectivity index (χ1) is 14.1. The van der Waals surface area contributed by atoms with E-state index in [4.69, 9.17) is 19.8 Å². The number of benzene rings is 1. The third-order valence-corrected chi connectivity index (χ3v) is 3.99. The largest absolute Gasteiger partial charge is 0.481 e. The van der Waals surface area contributed by atoms with Gasteiger partial charge in [0.25, 0.3) is 0 Å². The van der Waals surface area contributed by atoms with E-state index < -0.39 is 36.1 Å². The predicted octanol–water partition coefficient (Wildman–Crippen LogP) is 2.76. The Balaban J connectivity index is 2.71. The fourth-order valence-corrected chi connectivity index (χ4v) is 2.46. The Hall–Kier alpha value is -2.66.